The summed E-state index contributed by atoms with van der Waals surface area (Å²) in [6.45, 7) is 0.784. The topological polar surface area (TPSA) is 75.9 Å². The van der Waals surface area contributed by atoms with Crippen molar-refractivity contribution < 1.29 is 0 Å². The fourth-order valence-corrected chi connectivity index (χ4v) is 2.76. The van der Waals surface area contributed by atoms with E-state index >= 15 is 0 Å². The zero-order chi connectivity index (χ0) is 15.2. The Morgan fingerprint density at radius 1 is 1.00 bits per heavy atom. The SMILES string of the molecule is Nc1c(NCCc2cccs2)ncnc1Nc1ccccc1. The van der Waals surface area contributed by atoms with E-state index in [1.807, 2.05) is 30.3 Å². The van der Waals surface area contributed by atoms with Crippen LogP contribution >= 0.6 is 11.3 Å². The molecule has 3 aromatic rings. The van der Waals surface area contributed by atoms with E-state index in [-0.39, 0.29) is 0 Å². The Morgan fingerprint density at radius 3 is 2.59 bits per heavy atom. The first-order valence-electron chi connectivity index (χ1n) is 7.02. The fraction of sp³-hybridized carbons (Fsp3) is 0.125. The highest BCUT2D eigenvalue weighted by Crippen LogP contribution is 2.25. The average Bonchev–Trinajstić information content (AvgIpc) is 3.05. The van der Waals surface area contributed by atoms with Crippen molar-refractivity contribution >= 4 is 34.3 Å². The first-order chi connectivity index (χ1) is 10.8. The number of nitrogens with one attached hydrogen (secondary N) is 2. The van der Waals surface area contributed by atoms with Gasteiger partial charge in [0.05, 0.1) is 0 Å². The monoisotopic (exact) mass is 311 g/mol. The van der Waals surface area contributed by atoms with E-state index in [1.165, 1.54) is 11.2 Å². The Morgan fingerprint density at radius 2 is 1.82 bits per heavy atom. The van der Waals surface area contributed by atoms with Crippen molar-refractivity contribution in [3.63, 3.8) is 0 Å². The second kappa shape index (κ2) is 6.91. The number of aromatic nitrogens is 2. The first-order valence-corrected chi connectivity index (χ1v) is 7.89. The van der Waals surface area contributed by atoms with E-state index in [4.69, 9.17) is 5.73 Å². The van der Waals surface area contributed by atoms with Gasteiger partial charge in [-0.3, -0.25) is 0 Å². The number of nitrogen functional groups attached to an aromatic ring is 1. The predicted molar refractivity (Wildman–Crippen MR) is 92.7 cm³/mol. The molecule has 22 heavy (non-hydrogen) atoms. The van der Waals surface area contributed by atoms with Crippen LogP contribution in [0.4, 0.5) is 23.0 Å². The maximum atomic E-state index is 6.14. The third-order valence-electron chi connectivity index (χ3n) is 3.16. The van der Waals surface area contributed by atoms with Gasteiger partial charge in [0.1, 0.15) is 12.0 Å². The number of hydrogen-bond donors (Lipinski definition) is 3. The molecule has 2 heterocycles. The number of hydrogen-bond acceptors (Lipinski definition) is 6. The molecule has 0 aliphatic rings. The molecule has 1 aromatic carbocycles. The van der Waals surface area contributed by atoms with Crippen LogP contribution in [0.15, 0.2) is 54.2 Å². The van der Waals surface area contributed by atoms with E-state index in [9.17, 15) is 0 Å². The van der Waals surface area contributed by atoms with Crippen LogP contribution in [0, 0.1) is 0 Å². The van der Waals surface area contributed by atoms with Crippen molar-refractivity contribution in [2.45, 2.75) is 6.42 Å². The van der Waals surface area contributed by atoms with E-state index in [2.05, 4.69) is 38.1 Å². The molecule has 0 spiro atoms. The van der Waals surface area contributed by atoms with Gasteiger partial charge in [0, 0.05) is 17.1 Å². The standard InChI is InChI=1S/C16H17N5S/c17-14-15(18-9-8-13-7-4-10-22-13)19-11-20-16(14)21-12-5-2-1-3-6-12/h1-7,10-11H,8-9,17H2,(H2,18,19,20,21). The van der Waals surface area contributed by atoms with Gasteiger partial charge < -0.3 is 16.4 Å². The molecule has 0 atom stereocenters. The lowest BCUT2D eigenvalue weighted by Crippen LogP contribution is -2.10. The van der Waals surface area contributed by atoms with E-state index in [0.29, 0.717) is 17.3 Å². The van der Waals surface area contributed by atoms with Gasteiger partial charge in [-0.1, -0.05) is 24.3 Å². The summed E-state index contributed by atoms with van der Waals surface area (Å²) in [5, 5.41) is 8.55. The lowest BCUT2D eigenvalue weighted by atomic mass is 10.3. The molecule has 0 aliphatic heterocycles. The van der Waals surface area contributed by atoms with Gasteiger partial charge in [-0.25, -0.2) is 9.97 Å². The fourth-order valence-electron chi connectivity index (χ4n) is 2.05. The van der Waals surface area contributed by atoms with Crippen LogP contribution in [-0.2, 0) is 6.42 Å². The van der Waals surface area contributed by atoms with E-state index in [0.717, 1.165) is 18.7 Å². The molecule has 2 aromatic heterocycles. The number of para-hydroxylation sites is 1. The number of nitrogens with two attached hydrogens (primary N) is 1. The number of anilines is 4. The molecule has 0 saturated carbocycles. The van der Waals surface area contributed by atoms with Gasteiger partial charge in [0.2, 0.25) is 0 Å². The lowest BCUT2D eigenvalue weighted by Gasteiger charge is -2.12. The summed E-state index contributed by atoms with van der Waals surface area (Å²) in [6, 6.07) is 14.0. The van der Waals surface area contributed by atoms with E-state index in [1.54, 1.807) is 11.3 Å². The third kappa shape index (κ3) is 3.53. The summed E-state index contributed by atoms with van der Waals surface area (Å²) in [5.41, 5.74) is 7.61. The van der Waals surface area contributed by atoms with Crippen LogP contribution in [0.5, 0.6) is 0 Å². The van der Waals surface area contributed by atoms with Gasteiger partial charge in [-0.15, -0.1) is 11.3 Å². The molecule has 5 nitrogen and oxygen atoms in total. The summed E-state index contributed by atoms with van der Waals surface area (Å²) in [5.74, 6) is 1.27. The molecule has 0 amide bonds. The van der Waals surface area contributed by atoms with Crippen LogP contribution in [0.2, 0.25) is 0 Å². The molecule has 3 rings (SSSR count). The Labute approximate surface area is 133 Å². The predicted octanol–water partition coefficient (Wildman–Crippen LogP) is 3.52. The Kier molecular flexibility index (Phi) is 4.50. The summed E-state index contributed by atoms with van der Waals surface area (Å²) in [4.78, 5) is 9.76. The van der Waals surface area contributed by atoms with Crippen molar-refractivity contribution in [1.29, 1.82) is 0 Å². The van der Waals surface area contributed by atoms with Crippen LogP contribution in [0.1, 0.15) is 4.88 Å². The van der Waals surface area contributed by atoms with Gasteiger partial charge >= 0.3 is 0 Å². The van der Waals surface area contributed by atoms with Crippen LogP contribution in [-0.4, -0.2) is 16.5 Å². The Balaban J connectivity index is 1.66. The van der Waals surface area contributed by atoms with Crippen molar-refractivity contribution in [2.75, 3.05) is 22.9 Å². The van der Waals surface area contributed by atoms with Crippen LogP contribution in [0.25, 0.3) is 0 Å². The average molecular weight is 311 g/mol. The minimum absolute atomic E-state index is 0.525. The minimum Gasteiger partial charge on any atom is -0.393 e. The molecule has 6 heteroatoms. The maximum Gasteiger partial charge on any atom is 0.159 e. The third-order valence-corrected chi connectivity index (χ3v) is 4.10. The smallest absolute Gasteiger partial charge is 0.159 e. The normalized spacial score (nSPS) is 10.4. The molecular weight excluding hydrogens is 294 g/mol. The lowest BCUT2D eigenvalue weighted by molar-refractivity contribution is 1.02. The number of nitrogens with zero attached hydrogens (tertiary/aromatic N) is 2. The minimum atomic E-state index is 0.525. The zero-order valence-corrected chi connectivity index (χ0v) is 12.8. The second-order valence-corrected chi connectivity index (χ2v) is 5.76. The first kappa shape index (κ1) is 14.3. The summed E-state index contributed by atoms with van der Waals surface area (Å²) >= 11 is 1.75. The van der Waals surface area contributed by atoms with Gasteiger partial charge in [0.15, 0.2) is 11.6 Å². The second-order valence-electron chi connectivity index (χ2n) is 4.73. The molecule has 0 aliphatic carbocycles. The van der Waals surface area contributed by atoms with E-state index < -0.39 is 0 Å². The number of thiophene rings is 1. The quantitative estimate of drug-likeness (QED) is 0.649. The molecule has 0 saturated heterocycles. The molecular formula is C16H17N5S. The molecule has 0 fully saturated rings. The molecule has 0 radical (unpaired) electrons. The van der Waals surface area contributed by atoms with Crippen LogP contribution in [0.3, 0.4) is 0 Å². The molecule has 0 bridgehead atoms. The summed E-state index contributed by atoms with van der Waals surface area (Å²) in [6.07, 6.45) is 2.46. The summed E-state index contributed by atoms with van der Waals surface area (Å²) in [7, 11) is 0. The molecule has 4 N–H and O–H groups in total. The van der Waals surface area contributed by atoms with Crippen molar-refractivity contribution in [1.82, 2.24) is 9.97 Å². The van der Waals surface area contributed by atoms with Crippen molar-refractivity contribution in [3.8, 4) is 0 Å². The van der Waals surface area contributed by atoms with Crippen molar-refractivity contribution in [3.05, 3.63) is 59.0 Å². The molecule has 0 unspecified atom stereocenters. The number of rotatable bonds is 6. The maximum absolute atomic E-state index is 6.14. The van der Waals surface area contributed by atoms with Gasteiger partial charge in [0.25, 0.3) is 0 Å². The van der Waals surface area contributed by atoms with Gasteiger partial charge in [-0.2, -0.15) is 0 Å². The van der Waals surface area contributed by atoms with Crippen molar-refractivity contribution in [2.24, 2.45) is 0 Å². The zero-order valence-electron chi connectivity index (χ0n) is 12.0. The summed E-state index contributed by atoms with van der Waals surface area (Å²) < 4.78 is 0. The highest BCUT2D eigenvalue weighted by Gasteiger charge is 2.08. The van der Waals surface area contributed by atoms with Crippen LogP contribution < -0.4 is 16.4 Å². The highest BCUT2D eigenvalue weighted by atomic mass is 32.1. The number of benzene rings is 1. The largest absolute Gasteiger partial charge is 0.393 e. The molecule has 112 valence electrons. The Hall–Kier alpha value is -2.60. The van der Waals surface area contributed by atoms with Gasteiger partial charge in [-0.05, 0) is 30.0 Å². The Bertz CT molecular complexity index is 713. The highest BCUT2D eigenvalue weighted by molar-refractivity contribution is 7.09.